The normalized spacial score (nSPS) is 18.8. The SMILES string of the molecule is Cc1nc(NC2CCC(N(C(N)=S)c3ccc(Br)cc3C(F)(F)F)CC2)cc(N(C)C)n1. The Hall–Kier alpha value is -2.14. The first-order chi connectivity index (χ1) is 15.0. The van der Waals surface area contributed by atoms with Crippen molar-refractivity contribution in [1.82, 2.24) is 9.97 Å². The van der Waals surface area contributed by atoms with Crippen LogP contribution in [0.3, 0.4) is 0 Å². The van der Waals surface area contributed by atoms with Gasteiger partial charge in [0.15, 0.2) is 5.11 Å². The summed E-state index contributed by atoms with van der Waals surface area (Å²) in [6.45, 7) is 1.84. The van der Waals surface area contributed by atoms with E-state index in [4.69, 9.17) is 18.0 Å². The van der Waals surface area contributed by atoms with Crippen LogP contribution < -0.4 is 20.9 Å². The Kier molecular flexibility index (Phi) is 7.49. The van der Waals surface area contributed by atoms with Gasteiger partial charge in [0.25, 0.3) is 0 Å². The number of benzene rings is 1. The van der Waals surface area contributed by atoms with Crippen LogP contribution >= 0.6 is 28.1 Å². The Morgan fingerprint density at radius 2 is 1.81 bits per heavy atom. The van der Waals surface area contributed by atoms with E-state index < -0.39 is 11.7 Å². The molecule has 11 heteroatoms. The predicted octanol–water partition coefficient (Wildman–Crippen LogP) is 5.11. The van der Waals surface area contributed by atoms with Gasteiger partial charge in [0.05, 0.1) is 11.3 Å². The number of hydrogen-bond acceptors (Lipinski definition) is 5. The van der Waals surface area contributed by atoms with E-state index in [0.717, 1.165) is 30.5 Å². The summed E-state index contributed by atoms with van der Waals surface area (Å²) in [5.74, 6) is 2.22. The lowest BCUT2D eigenvalue weighted by molar-refractivity contribution is -0.137. The van der Waals surface area contributed by atoms with Crippen molar-refractivity contribution in [2.75, 3.05) is 29.2 Å². The number of aryl methyl sites for hydroxylation is 1. The zero-order valence-electron chi connectivity index (χ0n) is 18.1. The van der Waals surface area contributed by atoms with E-state index in [-0.39, 0.29) is 22.9 Å². The summed E-state index contributed by atoms with van der Waals surface area (Å²) in [5, 5.41) is 3.38. The molecule has 0 radical (unpaired) electrons. The van der Waals surface area contributed by atoms with Crippen LogP contribution in [0, 0.1) is 6.92 Å². The highest BCUT2D eigenvalue weighted by molar-refractivity contribution is 9.10. The van der Waals surface area contributed by atoms with Gasteiger partial charge in [0.2, 0.25) is 0 Å². The van der Waals surface area contributed by atoms with Crippen molar-refractivity contribution < 1.29 is 13.2 Å². The number of thiocarbonyl (C=S) groups is 1. The molecule has 3 N–H and O–H groups in total. The Morgan fingerprint density at radius 1 is 1.16 bits per heavy atom. The molecule has 0 amide bonds. The molecule has 1 fully saturated rings. The van der Waals surface area contributed by atoms with Gasteiger partial charge in [-0.15, -0.1) is 0 Å². The molecule has 0 aliphatic heterocycles. The lowest BCUT2D eigenvalue weighted by Gasteiger charge is -2.38. The van der Waals surface area contributed by atoms with E-state index in [1.54, 1.807) is 6.07 Å². The number of aromatic nitrogens is 2. The van der Waals surface area contributed by atoms with Crippen LogP contribution in [-0.4, -0.2) is 41.3 Å². The second kappa shape index (κ2) is 9.78. The van der Waals surface area contributed by atoms with E-state index >= 15 is 0 Å². The lowest BCUT2D eigenvalue weighted by Crippen LogP contribution is -2.47. The van der Waals surface area contributed by atoms with Crippen molar-refractivity contribution >= 4 is 50.6 Å². The highest BCUT2D eigenvalue weighted by atomic mass is 79.9. The fourth-order valence-corrected chi connectivity index (χ4v) is 4.59. The summed E-state index contributed by atoms with van der Waals surface area (Å²) in [4.78, 5) is 12.2. The molecule has 0 saturated heterocycles. The van der Waals surface area contributed by atoms with Gasteiger partial charge < -0.3 is 20.9 Å². The molecule has 0 spiro atoms. The zero-order chi connectivity index (χ0) is 23.6. The molecule has 0 bridgehead atoms. The number of halogens is 4. The minimum Gasteiger partial charge on any atom is -0.376 e. The summed E-state index contributed by atoms with van der Waals surface area (Å²) < 4.78 is 41.4. The molecular weight excluding hydrogens is 505 g/mol. The second-order valence-corrected chi connectivity index (χ2v) is 9.40. The molecule has 3 rings (SSSR count). The van der Waals surface area contributed by atoms with Gasteiger partial charge >= 0.3 is 6.18 Å². The second-order valence-electron chi connectivity index (χ2n) is 8.07. The smallest absolute Gasteiger partial charge is 0.376 e. The van der Waals surface area contributed by atoms with Crippen molar-refractivity contribution in [3.8, 4) is 0 Å². The number of rotatable bonds is 5. The third-order valence-corrected chi connectivity index (χ3v) is 6.15. The maximum absolute atomic E-state index is 13.7. The summed E-state index contributed by atoms with van der Waals surface area (Å²) in [7, 11) is 3.83. The van der Waals surface area contributed by atoms with E-state index in [2.05, 4.69) is 31.2 Å². The molecule has 32 heavy (non-hydrogen) atoms. The molecule has 1 aliphatic carbocycles. The van der Waals surface area contributed by atoms with E-state index in [1.807, 2.05) is 32.0 Å². The molecule has 2 aromatic rings. The quantitative estimate of drug-likeness (QED) is 0.520. The van der Waals surface area contributed by atoms with E-state index in [9.17, 15) is 13.2 Å². The van der Waals surface area contributed by atoms with Crippen LogP contribution in [0.2, 0.25) is 0 Å². The molecule has 174 valence electrons. The van der Waals surface area contributed by atoms with Crippen LogP contribution in [0.4, 0.5) is 30.5 Å². The average Bonchev–Trinajstić information content (AvgIpc) is 2.69. The van der Waals surface area contributed by atoms with Gasteiger partial charge in [-0.3, -0.25) is 0 Å². The van der Waals surface area contributed by atoms with E-state index in [1.165, 1.54) is 11.0 Å². The Morgan fingerprint density at radius 3 is 2.38 bits per heavy atom. The third kappa shape index (κ3) is 5.80. The number of nitrogens with one attached hydrogen (secondary N) is 1. The van der Waals surface area contributed by atoms with Crippen molar-refractivity contribution in [3.63, 3.8) is 0 Å². The Balaban J connectivity index is 1.76. The van der Waals surface area contributed by atoms with Crippen molar-refractivity contribution in [1.29, 1.82) is 0 Å². The first kappa shape index (κ1) is 24.5. The molecule has 1 saturated carbocycles. The topological polar surface area (TPSA) is 70.3 Å². The number of hydrogen-bond donors (Lipinski definition) is 2. The molecule has 0 unspecified atom stereocenters. The number of nitrogens with zero attached hydrogens (tertiary/aromatic N) is 4. The van der Waals surface area contributed by atoms with Crippen molar-refractivity contribution in [2.45, 2.75) is 50.9 Å². The maximum atomic E-state index is 13.7. The number of anilines is 3. The van der Waals surface area contributed by atoms with Gasteiger partial charge in [-0.2, -0.15) is 13.2 Å². The van der Waals surface area contributed by atoms with Crippen LogP contribution in [-0.2, 0) is 6.18 Å². The van der Waals surface area contributed by atoms with Gasteiger partial charge in [0, 0.05) is 36.7 Å². The maximum Gasteiger partial charge on any atom is 0.418 e. The Labute approximate surface area is 199 Å². The fourth-order valence-electron chi connectivity index (χ4n) is 3.98. The first-order valence-corrected chi connectivity index (χ1v) is 11.4. The van der Waals surface area contributed by atoms with E-state index in [0.29, 0.717) is 23.1 Å². The molecule has 6 nitrogen and oxygen atoms in total. The lowest BCUT2D eigenvalue weighted by atomic mass is 9.89. The number of nitrogens with two attached hydrogens (primary N) is 1. The fraction of sp³-hybridized carbons (Fsp3) is 0.476. The minimum atomic E-state index is -4.52. The van der Waals surface area contributed by atoms with Crippen molar-refractivity contribution in [3.05, 3.63) is 40.1 Å². The molecule has 1 aromatic heterocycles. The van der Waals surface area contributed by atoms with Crippen molar-refractivity contribution in [2.24, 2.45) is 5.73 Å². The molecule has 1 heterocycles. The summed E-state index contributed by atoms with van der Waals surface area (Å²) in [5.41, 5.74) is 5.15. The molecule has 1 aromatic carbocycles. The third-order valence-electron chi connectivity index (χ3n) is 5.46. The van der Waals surface area contributed by atoms with Crippen LogP contribution in [0.5, 0.6) is 0 Å². The number of alkyl halides is 3. The van der Waals surface area contributed by atoms with Gasteiger partial charge in [-0.25, -0.2) is 9.97 Å². The van der Waals surface area contributed by atoms with Gasteiger partial charge in [-0.1, -0.05) is 15.9 Å². The highest BCUT2D eigenvalue weighted by Gasteiger charge is 2.38. The van der Waals surface area contributed by atoms with Crippen LogP contribution in [0.1, 0.15) is 37.1 Å². The van der Waals surface area contributed by atoms with Gasteiger partial charge in [-0.05, 0) is 63.0 Å². The molecule has 0 atom stereocenters. The van der Waals surface area contributed by atoms with Crippen LogP contribution in [0.25, 0.3) is 0 Å². The molecule has 1 aliphatic rings. The van der Waals surface area contributed by atoms with Gasteiger partial charge in [0.1, 0.15) is 17.5 Å². The summed E-state index contributed by atoms with van der Waals surface area (Å²) in [6, 6.07) is 5.88. The zero-order valence-corrected chi connectivity index (χ0v) is 20.5. The summed E-state index contributed by atoms with van der Waals surface area (Å²) in [6.07, 6.45) is -1.72. The Bertz CT molecular complexity index is 976. The molecular formula is C21H26BrF3N6S. The predicted molar refractivity (Wildman–Crippen MR) is 129 cm³/mol. The summed E-state index contributed by atoms with van der Waals surface area (Å²) >= 11 is 8.30. The van der Waals surface area contributed by atoms with Crippen LogP contribution in [0.15, 0.2) is 28.7 Å². The monoisotopic (exact) mass is 530 g/mol. The largest absolute Gasteiger partial charge is 0.418 e. The highest BCUT2D eigenvalue weighted by Crippen LogP contribution is 2.40. The first-order valence-electron chi connectivity index (χ1n) is 10.2. The standard InChI is InChI=1S/C21H26BrF3N6S/c1-12-27-18(11-19(28-12)30(2)3)29-14-5-7-15(8-6-14)31(20(26)32)17-9-4-13(22)10-16(17)21(23,24)25/h4,9-11,14-15H,5-8H2,1-3H3,(H2,26,32)(H,27,28,29). The minimum absolute atomic E-state index is 0.00772. The average molecular weight is 531 g/mol.